The number of hydrogen-bond acceptors (Lipinski definition) is 5. The molecule has 0 aliphatic rings. The van der Waals surface area contributed by atoms with Gasteiger partial charge in [0, 0.05) is 5.02 Å². The molecule has 0 radical (unpaired) electrons. The lowest BCUT2D eigenvalue weighted by atomic mass is 10.2. The second-order valence-electron chi connectivity index (χ2n) is 4.27. The number of carbonyl (C=O) groups is 2. The van der Waals surface area contributed by atoms with Crippen molar-refractivity contribution in [2.45, 2.75) is 13.8 Å². The van der Waals surface area contributed by atoms with Crippen molar-refractivity contribution >= 4 is 23.4 Å². The van der Waals surface area contributed by atoms with Gasteiger partial charge in [0.15, 0.2) is 0 Å². The van der Waals surface area contributed by atoms with Crippen LogP contribution in [0.3, 0.4) is 0 Å². The smallest absolute Gasteiger partial charge is 0.275 e. The minimum atomic E-state index is -0.699. The average molecular weight is 310 g/mol. The lowest BCUT2D eigenvalue weighted by molar-refractivity contribution is 0.0843. The zero-order chi connectivity index (χ0) is 15.6. The topological polar surface area (TPSA) is 104 Å². The molecule has 7 nitrogen and oxygen atoms in total. The van der Waals surface area contributed by atoms with E-state index in [2.05, 4.69) is 16.0 Å². The number of amides is 2. The number of nitrogens with one attached hydrogen (secondary N) is 2. The Morgan fingerprint density at radius 1 is 1.24 bits per heavy atom. The highest BCUT2D eigenvalue weighted by atomic mass is 35.5. The number of carbonyl (C=O) groups excluding carboxylic acids is 2. The summed E-state index contributed by atoms with van der Waals surface area (Å²) in [6, 6.07) is 4.01. The number of nitrogens with zero attached hydrogens (tertiary/aromatic N) is 1. The van der Waals surface area contributed by atoms with Gasteiger partial charge < -0.3 is 9.63 Å². The van der Waals surface area contributed by atoms with Crippen molar-refractivity contribution in [3.63, 3.8) is 0 Å². The van der Waals surface area contributed by atoms with Crippen LogP contribution in [0.4, 0.5) is 0 Å². The molecule has 0 atom stereocenters. The van der Waals surface area contributed by atoms with E-state index < -0.39 is 11.8 Å². The first-order chi connectivity index (χ1) is 9.90. The van der Waals surface area contributed by atoms with Crippen molar-refractivity contribution in [3.05, 3.63) is 45.8 Å². The summed E-state index contributed by atoms with van der Waals surface area (Å²) in [5.74, 6) is -1.18. The summed E-state index contributed by atoms with van der Waals surface area (Å²) in [4.78, 5) is 23.8. The molecule has 0 saturated heterocycles. The monoisotopic (exact) mass is 309 g/mol. The minimum absolute atomic E-state index is 0.0541. The standard InChI is InChI=1S/C13H12ClN3O4/c1-6-11(7(2)21-17-6)13(20)16-15-12(19)9-5-8(14)3-4-10(9)18/h3-5,18H,1-2H3,(H,15,19)(H,16,20). The van der Waals surface area contributed by atoms with Crippen molar-refractivity contribution in [2.24, 2.45) is 0 Å². The summed E-state index contributed by atoms with van der Waals surface area (Å²) in [6.45, 7) is 3.19. The number of hydrogen-bond donors (Lipinski definition) is 3. The van der Waals surface area contributed by atoms with Gasteiger partial charge in [-0.25, -0.2) is 0 Å². The van der Waals surface area contributed by atoms with Gasteiger partial charge in [-0.05, 0) is 32.0 Å². The second kappa shape index (κ2) is 5.84. The minimum Gasteiger partial charge on any atom is -0.507 e. The molecule has 21 heavy (non-hydrogen) atoms. The molecular weight excluding hydrogens is 298 g/mol. The molecule has 1 aromatic heterocycles. The van der Waals surface area contributed by atoms with Gasteiger partial charge in [0.1, 0.15) is 17.1 Å². The molecule has 1 aromatic carbocycles. The zero-order valence-corrected chi connectivity index (χ0v) is 12.0. The molecule has 0 aliphatic carbocycles. The van der Waals surface area contributed by atoms with Crippen molar-refractivity contribution in [1.29, 1.82) is 0 Å². The molecule has 0 fully saturated rings. The summed E-state index contributed by atoms with van der Waals surface area (Å²) in [5.41, 5.74) is 5.00. The highest BCUT2D eigenvalue weighted by Gasteiger charge is 2.19. The summed E-state index contributed by atoms with van der Waals surface area (Å²) in [5, 5.41) is 13.5. The van der Waals surface area contributed by atoms with E-state index in [1.807, 2.05) is 0 Å². The molecule has 0 saturated carbocycles. The van der Waals surface area contributed by atoms with Crippen LogP contribution in [-0.4, -0.2) is 22.1 Å². The molecule has 0 unspecified atom stereocenters. The van der Waals surface area contributed by atoms with E-state index >= 15 is 0 Å². The van der Waals surface area contributed by atoms with E-state index in [1.165, 1.54) is 18.2 Å². The Kier molecular flexibility index (Phi) is 4.13. The Balaban J connectivity index is 2.08. The van der Waals surface area contributed by atoms with Crippen LogP contribution in [0.25, 0.3) is 0 Å². The van der Waals surface area contributed by atoms with E-state index in [0.717, 1.165) is 0 Å². The van der Waals surface area contributed by atoms with Gasteiger partial charge in [-0.1, -0.05) is 16.8 Å². The van der Waals surface area contributed by atoms with E-state index in [0.29, 0.717) is 11.5 Å². The fraction of sp³-hybridized carbons (Fsp3) is 0.154. The number of rotatable bonds is 2. The Hall–Kier alpha value is -2.54. The van der Waals surface area contributed by atoms with Crippen molar-refractivity contribution in [2.75, 3.05) is 0 Å². The Labute approximate surface area is 124 Å². The fourth-order valence-electron chi connectivity index (χ4n) is 1.74. The van der Waals surface area contributed by atoms with Gasteiger partial charge in [-0.15, -0.1) is 0 Å². The van der Waals surface area contributed by atoms with Crippen LogP contribution in [-0.2, 0) is 0 Å². The molecule has 2 rings (SSSR count). The average Bonchev–Trinajstić information content (AvgIpc) is 2.78. The first-order valence-electron chi connectivity index (χ1n) is 5.92. The summed E-state index contributed by atoms with van der Waals surface area (Å²) >= 11 is 5.75. The van der Waals surface area contributed by atoms with Gasteiger partial charge in [-0.2, -0.15) is 0 Å². The molecular formula is C13H12ClN3O4. The van der Waals surface area contributed by atoms with Crippen LogP contribution < -0.4 is 10.9 Å². The number of aryl methyl sites for hydroxylation is 2. The third kappa shape index (κ3) is 3.14. The largest absolute Gasteiger partial charge is 0.507 e. The van der Waals surface area contributed by atoms with Crippen LogP contribution in [0, 0.1) is 13.8 Å². The molecule has 2 amide bonds. The molecule has 2 aromatic rings. The van der Waals surface area contributed by atoms with Gasteiger partial charge in [0.05, 0.1) is 11.3 Å². The van der Waals surface area contributed by atoms with Gasteiger partial charge in [0.25, 0.3) is 11.8 Å². The number of benzene rings is 1. The third-order valence-electron chi connectivity index (χ3n) is 2.75. The van der Waals surface area contributed by atoms with Crippen LogP contribution in [0.15, 0.2) is 22.7 Å². The molecule has 8 heteroatoms. The van der Waals surface area contributed by atoms with E-state index in [1.54, 1.807) is 13.8 Å². The summed E-state index contributed by atoms with van der Waals surface area (Å²) in [7, 11) is 0. The van der Waals surface area contributed by atoms with Crippen molar-refractivity contribution in [1.82, 2.24) is 16.0 Å². The van der Waals surface area contributed by atoms with E-state index in [9.17, 15) is 14.7 Å². The normalized spacial score (nSPS) is 10.2. The van der Waals surface area contributed by atoms with Crippen LogP contribution in [0.5, 0.6) is 5.75 Å². The Bertz CT molecular complexity index is 692. The maximum absolute atomic E-state index is 11.9. The Morgan fingerprint density at radius 3 is 2.52 bits per heavy atom. The van der Waals surface area contributed by atoms with Gasteiger partial charge in [0.2, 0.25) is 0 Å². The number of hydrazine groups is 1. The second-order valence-corrected chi connectivity index (χ2v) is 4.71. The number of aromatic nitrogens is 1. The Morgan fingerprint density at radius 2 is 1.90 bits per heavy atom. The van der Waals surface area contributed by atoms with Gasteiger partial charge in [-0.3, -0.25) is 20.4 Å². The first kappa shape index (κ1) is 14.9. The number of aromatic hydroxyl groups is 1. The van der Waals surface area contributed by atoms with Crippen molar-refractivity contribution in [3.8, 4) is 5.75 Å². The molecule has 0 bridgehead atoms. The van der Waals surface area contributed by atoms with Crippen LogP contribution in [0.1, 0.15) is 32.2 Å². The lowest BCUT2D eigenvalue weighted by Gasteiger charge is -2.08. The predicted octanol–water partition coefficient (Wildman–Crippen LogP) is 1.73. The maximum Gasteiger partial charge on any atom is 0.275 e. The van der Waals surface area contributed by atoms with Gasteiger partial charge >= 0.3 is 0 Å². The number of halogens is 1. The van der Waals surface area contributed by atoms with E-state index in [-0.39, 0.29) is 21.9 Å². The van der Waals surface area contributed by atoms with Crippen molar-refractivity contribution < 1.29 is 19.2 Å². The first-order valence-corrected chi connectivity index (χ1v) is 6.30. The highest BCUT2D eigenvalue weighted by Crippen LogP contribution is 2.21. The number of phenols is 1. The maximum atomic E-state index is 11.9. The zero-order valence-electron chi connectivity index (χ0n) is 11.2. The molecule has 110 valence electrons. The number of phenolic OH excluding ortho intramolecular Hbond substituents is 1. The molecule has 3 N–H and O–H groups in total. The third-order valence-corrected chi connectivity index (χ3v) is 2.99. The summed E-state index contributed by atoms with van der Waals surface area (Å²) < 4.78 is 4.86. The highest BCUT2D eigenvalue weighted by molar-refractivity contribution is 6.31. The molecule has 0 aliphatic heterocycles. The quantitative estimate of drug-likeness (QED) is 0.733. The summed E-state index contributed by atoms with van der Waals surface area (Å²) in [6.07, 6.45) is 0. The van der Waals surface area contributed by atoms with Crippen LogP contribution >= 0.6 is 11.6 Å². The fourth-order valence-corrected chi connectivity index (χ4v) is 1.91. The SMILES string of the molecule is Cc1noc(C)c1C(=O)NNC(=O)c1cc(Cl)ccc1O. The lowest BCUT2D eigenvalue weighted by Crippen LogP contribution is -2.42. The van der Waals surface area contributed by atoms with E-state index in [4.69, 9.17) is 16.1 Å². The van der Waals surface area contributed by atoms with Crippen LogP contribution in [0.2, 0.25) is 5.02 Å². The molecule has 0 spiro atoms. The predicted molar refractivity (Wildman–Crippen MR) is 74.0 cm³/mol. The molecule has 1 heterocycles.